The number of amides is 1. The number of rotatable bonds is 5. The van der Waals surface area contributed by atoms with Crippen LogP contribution in [-0.4, -0.2) is 17.0 Å². The number of benzene rings is 2. The Hall–Kier alpha value is -3.14. The average molecular weight is 346 g/mol. The van der Waals surface area contributed by atoms with Gasteiger partial charge in [0, 0.05) is 24.5 Å². The second kappa shape index (κ2) is 7.83. The molecule has 26 heavy (non-hydrogen) atoms. The molecule has 0 saturated heterocycles. The van der Waals surface area contributed by atoms with Crippen molar-refractivity contribution < 1.29 is 4.79 Å². The molecule has 0 bridgehead atoms. The van der Waals surface area contributed by atoms with Crippen LogP contribution < -0.4 is 10.5 Å². The highest BCUT2D eigenvalue weighted by atomic mass is 16.2. The Balaban J connectivity index is 1.91. The normalized spacial score (nSPS) is 10.5. The first-order valence-electron chi connectivity index (χ1n) is 8.71. The van der Waals surface area contributed by atoms with Gasteiger partial charge in [0.1, 0.15) is 0 Å². The summed E-state index contributed by atoms with van der Waals surface area (Å²) >= 11 is 0. The van der Waals surface area contributed by atoms with Gasteiger partial charge in [0.25, 0.3) is 11.5 Å². The Kier molecular flexibility index (Phi) is 5.32. The van der Waals surface area contributed by atoms with Crippen molar-refractivity contribution in [3.8, 4) is 0 Å². The summed E-state index contributed by atoms with van der Waals surface area (Å²) in [5, 5.41) is 0. The van der Waals surface area contributed by atoms with Gasteiger partial charge in [-0.1, -0.05) is 48.0 Å². The number of carbonyl (C=O) groups is 1. The summed E-state index contributed by atoms with van der Waals surface area (Å²) in [4.78, 5) is 26.9. The first kappa shape index (κ1) is 17.7. The van der Waals surface area contributed by atoms with Crippen molar-refractivity contribution in [1.82, 2.24) is 4.57 Å². The molecule has 132 valence electrons. The van der Waals surface area contributed by atoms with Gasteiger partial charge in [-0.05, 0) is 37.6 Å². The van der Waals surface area contributed by atoms with Crippen LogP contribution >= 0.6 is 0 Å². The predicted octanol–water partition coefficient (Wildman–Crippen LogP) is 3.87. The van der Waals surface area contributed by atoms with Crippen LogP contribution in [0.2, 0.25) is 0 Å². The number of aryl methyl sites for hydroxylation is 1. The zero-order valence-corrected chi connectivity index (χ0v) is 15.1. The second-order valence-corrected chi connectivity index (χ2v) is 6.26. The smallest absolute Gasteiger partial charge is 0.259 e. The molecule has 1 heterocycles. The lowest BCUT2D eigenvalue weighted by atomic mass is 10.1. The molecular formula is C22H22N2O2. The second-order valence-electron chi connectivity index (χ2n) is 6.26. The van der Waals surface area contributed by atoms with E-state index in [1.165, 1.54) is 6.07 Å². The monoisotopic (exact) mass is 346 g/mol. The minimum Gasteiger partial charge on any atom is -0.310 e. The summed E-state index contributed by atoms with van der Waals surface area (Å²) in [6, 6.07) is 20.6. The summed E-state index contributed by atoms with van der Waals surface area (Å²) in [5.74, 6) is -0.114. The maximum atomic E-state index is 13.0. The Bertz CT molecular complexity index is 961. The molecular weight excluding hydrogens is 324 g/mol. The summed E-state index contributed by atoms with van der Waals surface area (Å²) in [5.41, 5.74) is 3.40. The van der Waals surface area contributed by atoms with E-state index in [9.17, 15) is 9.59 Å². The van der Waals surface area contributed by atoms with Crippen LogP contribution in [0.25, 0.3) is 0 Å². The van der Waals surface area contributed by atoms with Gasteiger partial charge in [-0.2, -0.15) is 0 Å². The topological polar surface area (TPSA) is 42.3 Å². The summed E-state index contributed by atoms with van der Waals surface area (Å²) in [6.07, 6.45) is 1.65. The standard InChI is InChI=1S/C22H22N2O2/c1-3-24(20-10-5-4-6-11-20)22(26)19-12-13-21(25)23(16-19)15-18-9-7-8-17(2)14-18/h4-14,16H,3,15H2,1-2H3. The van der Waals surface area contributed by atoms with E-state index in [0.717, 1.165) is 16.8 Å². The molecule has 3 rings (SSSR count). The van der Waals surface area contributed by atoms with Crippen molar-refractivity contribution in [3.05, 3.63) is 100.0 Å². The lowest BCUT2D eigenvalue weighted by molar-refractivity contribution is 0.0987. The molecule has 0 N–H and O–H groups in total. The maximum absolute atomic E-state index is 13.0. The summed E-state index contributed by atoms with van der Waals surface area (Å²) in [6.45, 7) is 4.96. The van der Waals surface area contributed by atoms with Gasteiger partial charge in [0.15, 0.2) is 0 Å². The number of carbonyl (C=O) groups excluding carboxylic acids is 1. The van der Waals surface area contributed by atoms with Crippen LogP contribution in [0.1, 0.15) is 28.4 Å². The Morgan fingerprint density at radius 2 is 1.77 bits per heavy atom. The quantitative estimate of drug-likeness (QED) is 0.704. The fourth-order valence-corrected chi connectivity index (χ4v) is 3.00. The third-order valence-corrected chi connectivity index (χ3v) is 4.30. The molecule has 1 aromatic heterocycles. The molecule has 4 heteroatoms. The first-order chi connectivity index (χ1) is 12.6. The van der Waals surface area contributed by atoms with Gasteiger partial charge < -0.3 is 9.47 Å². The molecule has 0 aliphatic carbocycles. The van der Waals surface area contributed by atoms with Crippen molar-refractivity contribution in [1.29, 1.82) is 0 Å². The third kappa shape index (κ3) is 3.91. The molecule has 0 fully saturated rings. The zero-order chi connectivity index (χ0) is 18.5. The van der Waals surface area contributed by atoms with E-state index in [0.29, 0.717) is 18.7 Å². The van der Waals surface area contributed by atoms with E-state index in [1.807, 2.05) is 68.4 Å². The fourth-order valence-electron chi connectivity index (χ4n) is 3.00. The fraction of sp³-hybridized carbons (Fsp3) is 0.182. The van der Waals surface area contributed by atoms with Crippen molar-refractivity contribution >= 4 is 11.6 Å². The Morgan fingerprint density at radius 3 is 2.46 bits per heavy atom. The van der Waals surface area contributed by atoms with Crippen LogP contribution in [0.3, 0.4) is 0 Å². The van der Waals surface area contributed by atoms with Crippen molar-refractivity contribution in [2.75, 3.05) is 11.4 Å². The van der Waals surface area contributed by atoms with E-state index >= 15 is 0 Å². The summed E-state index contributed by atoms with van der Waals surface area (Å²) < 4.78 is 1.58. The highest BCUT2D eigenvalue weighted by Crippen LogP contribution is 2.16. The zero-order valence-electron chi connectivity index (χ0n) is 15.1. The van der Waals surface area contributed by atoms with Crippen molar-refractivity contribution in [2.24, 2.45) is 0 Å². The lowest BCUT2D eigenvalue weighted by Gasteiger charge is -2.21. The van der Waals surface area contributed by atoms with Gasteiger partial charge >= 0.3 is 0 Å². The molecule has 0 radical (unpaired) electrons. The van der Waals surface area contributed by atoms with Gasteiger partial charge in [-0.15, -0.1) is 0 Å². The van der Waals surface area contributed by atoms with Crippen LogP contribution in [0.5, 0.6) is 0 Å². The van der Waals surface area contributed by atoms with E-state index in [2.05, 4.69) is 0 Å². The van der Waals surface area contributed by atoms with Crippen molar-refractivity contribution in [2.45, 2.75) is 20.4 Å². The van der Waals surface area contributed by atoms with Gasteiger partial charge in [-0.25, -0.2) is 0 Å². The average Bonchev–Trinajstić information content (AvgIpc) is 2.65. The van der Waals surface area contributed by atoms with Crippen LogP contribution in [0.4, 0.5) is 5.69 Å². The van der Waals surface area contributed by atoms with E-state index in [4.69, 9.17) is 0 Å². The number of para-hydroxylation sites is 1. The molecule has 0 unspecified atom stereocenters. The molecule has 3 aromatic rings. The van der Waals surface area contributed by atoms with E-state index in [1.54, 1.807) is 21.7 Å². The number of aromatic nitrogens is 1. The Morgan fingerprint density at radius 1 is 1.00 bits per heavy atom. The molecule has 0 atom stereocenters. The Labute approximate surface area is 153 Å². The van der Waals surface area contributed by atoms with Gasteiger partial charge in [0.2, 0.25) is 0 Å². The highest BCUT2D eigenvalue weighted by Gasteiger charge is 2.16. The van der Waals surface area contributed by atoms with E-state index < -0.39 is 0 Å². The minimum atomic E-state index is -0.120. The van der Waals surface area contributed by atoms with E-state index in [-0.39, 0.29) is 11.5 Å². The minimum absolute atomic E-state index is 0.114. The largest absolute Gasteiger partial charge is 0.310 e. The number of anilines is 1. The van der Waals surface area contributed by atoms with Crippen LogP contribution in [-0.2, 0) is 6.54 Å². The van der Waals surface area contributed by atoms with Gasteiger partial charge in [-0.3, -0.25) is 9.59 Å². The SMILES string of the molecule is CCN(C(=O)c1ccc(=O)n(Cc2cccc(C)c2)c1)c1ccccc1. The predicted molar refractivity (Wildman–Crippen MR) is 105 cm³/mol. The first-order valence-corrected chi connectivity index (χ1v) is 8.71. The van der Waals surface area contributed by atoms with Crippen LogP contribution in [0, 0.1) is 6.92 Å². The number of hydrogen-bond donors (Lipinski definition) is 0. The van der Waals surface area contributed by atoms with Crippen molar-refractivity contribution in [3.63, 3.8) is 0 Å². The number of nitrogens with zero attached hydrogens (tertiary/aromatic N) is 2. The summed E-state index contributed by atoms with van der Waals surface area (Å²) in [7, 11) is 0. The third-order valence-electron chi connectivity index (χ3n) is 4.30. The maximum Gasteiger partial charge on any atom is 0.259 e. The molecule has 2 aromatic carbocycles. The molecule has 0 saturated carbocycles. The number of pyridine rings is 1. The lowest BCUT2D eigenvalue weighted by Crippen LogP contribution is -2.32. The number of hydrogen-bond acceptors (Lipinski definition) is 2. The highest BCUT2D eigenvalue weighted by molar-refractivity contribution is 6.05. The molecule has 0 spiro atoms. The molecule has 0 aliphatic heterocycles. The van der Waals surface area contributed by atoms with Gasteiger partial charge in [0.05, 0.1) is 12.1 Å². The molecule has 1 amide bonds. The van der Waals surface area contributed by atoms with Crippen LogP contribution in [0.15, 0.2) is 77.7 Å². The molecule has 4 nitrogen and oxygen atoms in total. The molecule has 0 aliphatic rings.